The Hall–Kier alpha value is -2.96. The number of rotatable bonds is 8. The molecule has 0 atom stereocenters. The highest BCUT2D eigenvalue weighted by atomic mass is 19.1. The van der Waals surface area contributed by atoms with Gasteiger partial charge in [0.1, 0.15) is 17.4 Å². The number of halogens is 2. The minimum absolute atomic E-state index is 0.0768. The van der Waals surface area contributed by atoms with E-state index in [-0.39, 0.29) is 12.1 Å². The summed E-state index contributed by atoms with van der Waals surface area (Å²) in [6.07, 6.45) is 0.500. The Balaban J connectivity index is 1.65. The van der Waals surface area contributed by atoms with Crippen LogP contribution in [0.25, 0.3) is 0 Å². The fourth-order valence-electron chi connectivity index (χ4n) is 2.11. The fraction of sp³-hybridized carbons (Fsp3) is 0.263. The first-order valence-electron chi connectivity index (χ1n) is 8.04. The first kappa shape index (κ1) is 19.4. The summed E-state index contributed by atoms with van der Waals surface area (Å²) in [5.41, 5.74) is 0.764. The summed E-state index contributed by atoms with van der Waals surface area (Å²) < 4.78 is 36.7. The van der Waals surface area contributed by atoms with E-state index in [1.54, 1.807) is 0 Å². The molecule has 0 aliphatic heterocycles. The van der Waals surface area contributed by atoms with E-state index in [1.807, 2.05) is 31.2 Å². The normalized spacial score (nSPS) is 10.3. The van der Waals surface area contributed by atoms with E-state index in [1.165, 1.54) is 0 Å². The van der Waals surface area contributed by atoms with E-state index in [0.717, 1.165) is 29.5 Å². The number of carbonyl (C=O) groups excluding carboxylic acids is 2. The molecule has 5 nitrogen and oxygen atoms in total. The van der Waals surface area contributed by atoms with Gasteiger partial charge in [-0.1, -0.05) is 12.1 Å². The van der Waals surface area contributed by atoms with E-state index < -0.39 is 30.1 Å². The maximum atomic E-state index is 13.4. The summed E-state index contributed by atoms with van der Waals surface area (Å²) in [4.78, 5) is 23.2. The van der Waals surface area contributed by atoms with Crippen LogP contribution in [-0.4, -0.2) is 25.1 Å². The van der Waals surface area contributed by atoms with Gasteiger partial charge in [0.2, 0.25) is 0 Å². The lowest BCUT2D eigenvalue weighted by molar-refractivity contribution is -0.147. The average Bonchev–Trinajstić information content (AvgIpc) is 2.60. The number of carbonyl (C=O) groups is 2. The maximum absolute atomic E-state index is 13.4. The van der Waals surface area contributed by atoms with Gasteiger partial charge in [-0.15, -0.1) is 0 Å². The van der Waals surface area contributed by atoms with Crippen LogP contribution in [0.2, 0.25) is 0 Å². The lowest BCUT2D eigenvalue weighted by Gasteiger charge is -2.08. The van der Waals surface area contributed by atoms with Crippen LogP contribution in [0.3, 0.4) is 0 Å². The highest BCUT2D eigenvalue weighted by Crippen LogP contribution is 2.15. The number of benzene rings is 2. The fourth-order valence-corrected chi connectivity index (χ4v) is 2.11. The second kappa shape index (κ2) is 9.50. The summed E-state index contributed by atoms with van der Waals surface area (Å²) in [7, 11) is 0. The summed E-state index contributed by atoms with van der Waals surface area (Å²) >= 11 is 0. The van der Waals surface area contributed by atoms with Crippen molar-refractivity contribution in [1.29, 1.82) is 0 Å². The van der Waals surface area contributed by atoms with Gasteiger partial charge in [-0.2, -0.15) is 0 Å². The van der Waals surface area contributed by atoms with Gasteiger partial charge in [-0.25, -0.2) is 8.78 Å². The van der Waals surface area contributed by atoms with Crippen LogP contribution in [0.4, 0.5) is 14.5 Å². The molecule has 0 saturated carbocycles. The maximum Gasteiger partial charge on any atom is 0.306 e. The van der Waals surface area contributed by atoms with Crippen molar-refractivity contribution in [2.24, 2.45) is 0 Å². The van der Waals surface area contributed by atoms with Crippen LogP contribution in [0, 0.1) is 18.6 Å². The molecule has 0 saturated heterocycles. The highest BCUT2D eigenvalue weighted by molar-refractivity contribution is 5.92. The number of anilines is 1. The Kier molecular flexibility index (Phi) is 7.08. The third-order valence-electron chi connectivity index (χ3n) is 3.35. The molecule has 0 aromatic heterocycles. The highest BCUT2D eigenvalue weighted by Gasteiger charge is 2.11. The molecule has 0 aliphatic rings. The first-order valence-corrected chi connectivity index (χ1v) is 8.04. The van der Waals surface area contributed by atoms with Gasteiger partial charge in [0, 0.05) is 12.5 Å². The topological polar surface area (TPSA) is 64.6 Å². The quantitative estimate of drug-likeness (QED) is 0.575. The second-order valence-electron chi connectivity index (χ2n) is 5.60. The van der Waals surface area contributed by atoms with E-state index in [4.69, 9.17) is 9.47 Å². The molecule has 26 heavy (non-hydrogen) atoms. The van der Waals surface area contributed by atoms with Crippen LogP contribution in [0.1, 0.15) is 18.4 Å². The molecule has 0 spiro atoms. The minimum atomic E-state index is -0.778. The third-order valence-corrected chi connectivity index (χ3v) is 3.35. The van der Waals surface area contributed by atoms with Crippen molar-refractivity contribution in [1.82, 2.24) is 0 Å². The molecule has 0 unspecified atom stereocenters. The number of hydrogen-bond acceptors (Lipinski definition) is 4. The van der Waals surface area contributed by atoms with Crippen molar-refractivity contribution in [2.45, 2.75) is 19.8 Å². The zero-order valence-corrected chi connectivity index (χ0v) is 14.3. The first-order chi connectivity index (χ1) is 12.4. The van der Waals surface area contributed by atoms with Crippen LogP contribution in [0.15, 0.2) is 42.5 Å². The average molecular weight is 363 g/mol. The van der Waals surface area contributed by atoms with E-state index in [2.05, 4.69) is 5.32 Å². The Morgan fingerprint density at radius 3 is 2.69 bits per heavy atom. The molecule has 1 amide bonds. The number of hydrogen-bond donors (Lipinski definition) is 1. The van der Waals surface area contributed by atoms with E-state index in [9.17, 15) is 18.4 Å². The van der Waals surface area contributed by atoms with Gasteiger partial charge in [-0.3, -0.25) is 9.59 Å². The molecule has 7 heteroatoms. The number of esters is 1. The number of aryl methyl sites for hydroxylation is 1. The summed E-state index contributed by atoms with van der Waals surface area (Å²) in [5, 5.41) is 2.14. The number of nitrogens with one attached hydrogen (secondary N) is 1. The van der Waals surface area contributed by atoms with Crippen molar-refractivity contribution in [3.05, 3.63) is 59.7 Å². The minimum Gasteiger partial charge on any atom is -0.494 e. The van der Waals surface area contributed by atoms with Gasteiger partial charge in [0.15, 0.2) is 6.61 Å². The molecular formula is C19H19F2NO4. The van der Waals surface area contributed by atoms with Gasteiger partial charge in [-0.05, 0) is 43.2 Å². The van der Waals surface area contributed by atoms with Crippen molar-refractivity contribution in [2.75, 3.05) is 18.5 Å². The van der Waals surface area contributed by atoms with Crippen LogP contribution >= 0.6 is 0 Å². The molecule has 0 radical (unpaired) electrons. The monoisotopic (exact) mass is 363 g/mol. The van der Waals surface area contributed by atoms with Gasteiger partial charge < -0.3 is 14.8 Å². The zero-order valence-electron chi connectivity index (χ0n) is 14.3. The number of amides is 1. The standard InChI is InChI=1S/C19H19F2NO4/c1-13-4-2-5-15(10-13)25-9-3-6-19(24)26-12-18(23)22-17-11-14(20)7-8-16(17)21/h2,4-5,7-8,10-11H,3,6,9,12H2,1H3,(H,22,23). The molecular weight excluding hydrogens is 344 g/mol. The Bertz CT molecular complexity index is 780. The molecule has 2 aromatic rings. The Labute approximate surface area is 149 Å². The van der Waals surface area contributed by atoms with Crippen LogP contribution in [0.5, 0.6) is 5.75 Å². The molecule has 0 bridgehead atoms. The van der Waals surface area contributed by atoms with Crippen molar-refractivity contribution in [3.63, 3.8) is 0 Å². The van der Waals surface area contributed by atoms with Crippen molar-refractivity contribution >= 4 is 17.6 Å². The lowest BCUT2D eigenvalue weighted by atomic mass is 10.2. The molecule has 2 aromatic carbocycles. The Morgan fingerprint density at radius 1 is 1.12 bits per heavy atom. The lowest BCUT2D eigenvalue weighted by Crippen LogP contribution is -2.21. The summed E-state index contributed by atoms with van der Waals surface area (Å²) in [6.45, 7) is 1.71. The molecule has 138 valence electrons. The van der Waals surface area contributed by atoms with E-state index >= 15 is 0 Å². The van der Waals surface area contributed by atoms with E-state index in [0.29, 0.717) is 13.0 Å². The predicted octanol–water partition coefficient (Wildman–Crippen LogP) is 3.61. The third kappa shape index (κ3) is 6.51. The van der Waals surface area contributed by atoms with Gasteiger partial charge >= 0.3 is 5.97 Å². The van der Waals surface area contributed by atoms with Gasteiger partial charge in [0.25, 0.3) is 5.91 Å². The van der Waals surface area contributed by atoms with Crippen LogP contribution < -0.4 is 10.1 Å². The largest absolute Gasteiger partial charge is 0.494 e. The second-order valence-corrected chi connectivity index (χ2v) is 5.60. The van der Waals surface area contributed by atoms with Crippen molar-refractivity contribution in [3.8, 4) is 5.75 Å². The summed E-state index contributed by atoms with van der Waals surface area (Å²) in [5.74, 6) is -2.08. The predicted molar refractivity (Wildman–Crippen MR) is 91.9 cm³/mol. The van der Waals surface area contributed by atoms with Crippen LogP contribution in [-0.2, 0) is 14.3 Å². The summed E-state index contributed by atoms with van der Waals surface area (Å²) in [6, 6.07) is 10.2. The molecule has 0 aliphatic carbocycles. The molecule has 0 fully saturated rings. The van der Waals surface area contributed by atoms with Crippen molar-refractivity contribution < 1.29 is 27.8 Å². The SMILES string of the molecule is Cc1cccc(OCCCC(=O)OCC(=O)Nc2cc(F)ccc2F)c1. The number of ether oxygens (including phenoxy) is 2. The smallest absolute Gasteiger partial charge is 0.306 e. The molecule has 1 N–H and O–H groups in total. The molecule has 2 rings (SSSR count). The molecule has 0 heterocycles. The van der Waals surface area contributed by atoms with Gasteiger partial charge in [0.05, 0.1) is 12.3 Å². The zero-order chi connectivity index (χ0) is 18.9. The Morgan fingerprint density at radius 2 is 1.92 bits per heavy atom.